The first-order chi connectivity index (χ1) is 9.54. The summed E-state index contributed by atoms with van der Waals surface area (Å²) in [7, 11) is -1.63. The second-order valence-corrected chi connectivity index (χ2v) is 6.03. The zero-order valence-corrected chi connectivity index (χ0v) is 12.3. The minimum absolute atomic E-state index is 0.254. The van der Waals surface area contributed by atoms with Gasteiger partial charge in [0.15, 0.2) is 0 Å². The van der Waals surface area contributed by atoms with Gasteiger partial charge in [-0.3, -0.25) is 4.68 Å². The Morgan fingerprint density at radius 1 is 1.25 bits per heavy atom. The predicted octanol–water partition coefficient (Wildman–Crippen LogP) is 1.33. The van der Waals surface area contributed by atoms with E-state index in [1.165, 1.54) is 0 Å². The Kier molecular flexibility index (Phi) is 4.41. The fourth-order valence-corrected chi connectivity index (χ4v) is 3.10. The average Bonchev–Trinajstić information content (AvgIpc) is 2.82. The highest BCUT2D eigenvalue weighted by Gasteiger charge is 2.16. The smallest absolute Gasteiger partial charge is 0.242 e. The molecule has 2 N–H and O–H groups in total. The lowest BCUT2D eigenvalue weighted by Gasteiger charge is -2.12. The van der Waals surface area contributed by atoms with E-state index in [2.05, 4.69) is 15.1 Å². The van der Waals surface area contributed by atoms with Gasteiger partial charge in [-0.05, 0) is 18.2 Å². The molecular weight excluding hydrogens is 276 g/mol. The summed E-state index contributed by atoms with van der Waals surface area (Å²) in [6, 6.07) is 8.73. The molecule has 1 aromatic carbocycles. The number of nitrogens with one attached hydrogen (secondary N) is 2. The van der Waals surface area contributed by atoms with E-state index in [0.29, 0.717) is 18.8 Å². The second-order valence-electron chi connectivity index (χ2n) is 4.30. The van der Waals surface area contributed by atoms with Crippen LogP contribution in [0.3, 0.4) is 0 Å². The molecule has 0 aliphatic rings. The van der Waals surface area contributed by atoms with Gasteiger partial charge in [-0.15, -0.1) is 0 Å². The highest BCUT2D eigenvalue weighted by molar-refractivity contribution is 7.89. The first-order valence-electron chi connectivity index (χ1n) is 6.34. The van der Waals surface area contributed by atoms with Crippen molar-refractivity contribution in [2.24, 2.45) is 7.05 Å². The summed E-state index contributed by atoms with van der Waals surface area (Å²) in [5.41, 5.74) is 1.55. The van der Waals surface area contributed by atoms with Crippen LogP contribution in [0, 0.1) is 0 Å². The quantitative estimate of drug-likeness (QED) is 0.843. The minimum Gasteiger partial charge on any atom is -0.378 e. The Bertz CT molecular complexity index is 679. The standard InChI is InChI=1S/C13H18N4O2S/c1-3-16-20(18,19)13-7-5-4-6-12(13)14-10-11-8-9-15-17(11)2/h4-9,14,16H,3,10H2,1-2H3. The highest BCUT2D eigenvalue weighted by Crippen LogP contribution is 2.21. The molecule has 0 aliphatic carbocycles. The Morgan fingerprint density at radius 3 is 2.65 bits per heavy atom. The minimum atomic E-state index is -3.48. The molecule has 6 nitrogen and oxygen atoms in total. The van der Waals surface area contributed by atoms with E-state index >= 15 is 0 Å². The number of rotatable bonds is 6. The van der Waals surface area contributed by atoms with Crippen LogP contribution < -0.4 is 10.0 Å². The summed E-state index contributed by atoms with van der Waals surface area (Å²) >= 11 is 0. The lowest BCUT2D eigenvalue weighted by Crippen LogP contribution is -2.24. The SMILES string of the molecule is CCNS(=O)(=O)c1ccccc1NCc1ccnn1C. The number of para-hydroxylation sites is 1. The van der Waals surface area contributed by atoms with E-state index in [9.17, 15) is 8.42 Å². The van der Waals surface area contributed by atoms with Gasteiger partial charge in [0.2, 0.25) is 10.0 Å². The first-order valence-corrected chi connectivity index (χ1v) is 7.82. The number of aryl methyl sites for hydroxylation is 1. The molecule has 0 unspecified atom stereocenters. The molecule has 2 aromatic rings. The van der Waals surface area contributed by atoms with Gasteiger partial charge in [0.1, 0.15) is 4.90 Å². The molecule has 0 spiro atoms. The van der Waals surface area contributed by atoms with Crippen molar-refractivity contribution in [1.29, 1.82) is 0 Å². The number of hydrogen-bond donors (Lipinski definition) is 2. The molecule has 1 heterocycles. The van der Waals surface area contributed by atoms with Crippen molar-refractivity contribution in [2.75, 3.05) is 11.9 Å². The third-order valence-electron chi connectivity index (χ3n) is 2.89. The summed E-state index contributed by atoms with van der Waals surface area (Å²) in [5.74, 6) is 0. The maximum atomic E-state index is 12.1. The largest absolute Gasteiger partial charge is 0.378 e. The van der Waals surface area contributed by atoms with Gasteiger partial charge in [0.05, 0.1) is 17.9 Å². The fourth-order valence-electron chi connectivity index (χ4n) is 1.88. The molecule has 0 amide bonds. The van der Waals surface area contributed by atoms with Crippen LogP contribution in [-0.2, 0) is 23.6 Å². The summed E-state index contributed by atoms with van der Waals surface area (Å²) < 4.78 is 28.5. The Labute approximate surface area is 118 Å². The van der Waals surface area contributed by atoms with Gasteiger partial charge in [0, 0.05) is 19.8 Å². The molecule has 7 heteroatoms. The van der Waals surface area contributed by atoms with Crippen LogP contribution in [0.2, 0.25) is 0 Å². The molecule has 108 valence electrons. The third kappa shape index (κ3) is 3.17. The Hall–Kier alpha value is -1.86. The van der Waals surface area contributed by atoms with Crippen LogP contribution in [0.4, 0.5) is 5.69 Å². The predicted molar refractivity (Wildman–Crippen MR) is 77.8 cm³/mol. The molecule has 0 fully saturated rings. The topological polar surface area (TPSA) is 76.0 Å². The fraction of sp³-hybridized carbons (Fsp3) is 0.308. The zero-order chi connectivity index (χ0) is 14.6. The molecule has 0 saturated heterocycles. The molecule has 20 heavy (non-hydrogen) atoms. The maximum absolute atomic E-state index is 12.1. The van der Waals surface area contributed by atoms with E-state index in [1.807, 2.05) is 13.1 Å². The second kappa shape index (κ2) is 6.06. The summed E-state index contributed by atoms with van der Waals surface area (Å²) in [5, 5.41) is 7.22. The van der Waals surface area contributed by atoms with Crippen molar-refractivity contribution in [1.82, 2.24) is 14.5 Å². The monoisotopic (exact) mass is 294 g/mol. The lowest BCUT2D eigenvalue weighted by molar-refractivity contribution is 0.584. The van der Waals surface area contributed by atoms with Gasteiger partial charge >= 0.3 is 0 Å². The maximum Gasteiger partial charge on any atom is 0.242 e. The average molecular weight is 294 g/mol. The molecule has 0 aliphatic heterocycles. The highest BCUT2D eigenvalue weighted by atomic mass is 32.2. The van der Waals surface area contributed by atoms with Crippen LogP contribution in [0.15, 0.2) is 41.4 Å². The zero-order valence-electron chi connectivity index (χ0n) is 11.5. The van der Waals surface area contributed by atoms with Gasteiger partial charge in [0.25, 0.3) is 0 Å². The number of hydrogen-bond acceptors (Lipinski definition) is 4. The number of benzene rings is 1. The normalized spacial score (nSPS) is 11.5. The van der Waals surface area contributed by atoms with Gasteiger partial charge in [-0.2, -0.15) is 5.10 Å². The van der Waals surface area contributed by atoms with Gasteiger partial charge in [-0.1, -0.05) is 19.1 Å². The lowest BCUT2D eigenvalue weighted by atomic mass is 10.3. The van der Waals surface area contributed by atoms with E-state index < -0.39 is 10.0 Å². The van der Waals surface area contributed by atoms with Crippen LogP contribution in [0.1, 0.15) is 12.6 Å². The van der Waals surface area contributed by atoms with E-state index in [4.69, 9.17) is 0 Å². The number of sulfonamides is 1. The van der Waals surface area contributed by atoms with Crippen LogP contribution in [-0.4, -0.2) is 24.7 Å². The van der Waals surface area contributed by atoms with Crippen molar-refractivity contribution in [3.63, 3.8) is 0 Å². The summed E-state index contributed by atoms with van der Waals surface area (Å²) in [4.78, 5) is 0.254. The van der Waals surface area contributed by atoms with Crippen molar-refractivity contribution in [3.05, 3.63) is 42.2 Å². The van der Waals surface area contributed by atoms with E-state index in [0.717, 1.165) is 5.69 Å². The summed E-state index contributed by atoms with van der Waals surface area (Å²) in [6.07, 6.45) is 1.71. The van der Waals surface area contributed by atoms with Crippen molar-refractivity contribution < 1.29 is 8.42 Å². The molecule has 0 atom stereocenters. The van der Waals surface area contributed by atoms with Crippen molar-refractivity contribution in [3.8, 4) is 0 Å². The third-order valence-corrected chi connectivity index (χ3v) is 4.50. The first kappa shape index (κ1) is 14.5. The number of anilines is 1. The molecule has 0 radical (unpaired) electrons. The molecule has 0 bridgehead atoms. The Morgan fingerprint density at radius 2 is 2.00 bits per heavy atom. The van der Waals surface area contributed by atoms with Gasteiger partial charge < -0.3 is 5.32 Å². The molecule has 2 rings (SSSR count). The number of aromatic nitrogens is 2. The molecular formula is C13H18N4O2S. The summed E-state index contributed by atoms with van der Waals surface area (Å²) in [6.45, 7) is 2.62. The Balaban J connectivity index is 2.23. The number of nitrogens with zero attached hydrogens (tertiary/aromatic N) is 2. The molecule has 0 saturated carbocycles. The van der Waals surface area contributed by atoms with Crippen LogP contribution in [0.25, 0.3) is 0 Å². The van der Waals surface area contributed by atoms with Crippen LogP contribution in [0.5, 0.6) is 0 Å². The van der Waals surface area contributed by atoms with Gasteiger partial charge in [-0.25, -0.2) is 13.1 Å². The van der Waals surface area contributed by atoms with Crippen LogP contribution >= 0.6 is 0 Å². The molecule has 1 aromatic heterocycles. The van der Waals surface area contributed by atoms with Crippen molar-refractivity contribution in [2.45, 2.75) is 18.4 Å². The van der Waals surface area contributed by atoms with E-state index in [1.54, 1.807) is 42.1 Å². The van der Waals surface area contributed by atoms with E-state index in [-0.39, 0.29) is 4.90 Å². The van der Waals surface area contributed by atoms with Crippen molar-refractivity contribution >= 4 is 15.7 Å².